The summed E-state index contributed by atoms with van der Waals surface area (Å²) in [5.41, 5.74) is -0.991. The minimum atomic E-state index is -0.991. The first-order valence-corrected chi connectivity index (χ1v) is 40.6. The first-order valence-electron chi connectivity index (χ1n) is 40.6. The van der Waals surface area contributed by atoms with Crippen LogP contribution in [-0.4, -0.2) is 276 Å². The van der Waals surface area contributed by atoms with Crippen molar-refractivity contribution in [3.63, 3.8) is 0 Å². The second-order valence-corrected chi connectivity index (χ2v) is 29.7. The molecule has 28 heteroatoms. The van der Waals surface area contributed by atoms with Gasteiger partial charge in [0.2, 0.25) is 0 Å². The van der Waals surface area contributed by atoms with Crippen molar-refractivity contribution >= 4 is 41.0 Å². The van der Waals surface area contributed by atoms with Gasteiger partial charge in [0.1, 0.15) is 43.0 Å². The number of ether oxygens (including phenoxy) is 21. The highest BCUT2D eigenvalue weighted by atomic mass is 16.7. The van der Waals surface area contributed by atoms with E-state index in [-0.39, 0.29) is 199 Å². The molecule has 0 amide bonds. The van der Waals surface area contributed by atoms with Gasteiger partial charge in [-0.1, -0.05) is 68.7 Å². The Morgan fingerprint density at radius 3 is 0.827 bits per heavy atom. The maximum absolute atomic E-state index is 13.8. The van der Waals surface area contributed by atoms with Crippen molar-refractivity contribution in [3.8, 4) is 12.3 Å². The molecule has 3 fully saturated rings. The number of carbonyl (C=O) groups excluding carboxylic acids is 7. The first kappa shape index (κ1) is 100. The third-order valence-corrected chi connectivity index (χ3v) is 20.9. The quantitative estimate of drug-likeness (QED) is 0.0237. The van der Waals surface area contributed by atoms with Gasteiger partial charge >= 0.3 is 17.9 Å². The minimum Gasteiger partial charge on any atom is -0.463 e. The summed E-state index contributed by atoms with van der Waals surface area (Å²) in [7, 11) is 0. The number of hydrogen-bond donors (Lipinski definition) is 0. The summed E-state index contributed by atoms with van der Waals surface area (Å²) < 4.78 is 122. The van der Waals surface area contributed by atoms with Crippen molar-refractivity contribution in [2.45, 2.75) is 217 Å². The van der Waals surface area contributed by atoms with Crippen molar-refractivity contribution in [1.82, 2.24) is 0 Å². The molecule has 638 valence electrons. The van der Waals surface area contributed by atoms with E-state index >= 15 is 0 Å². The molecule has 3 saturated heterocycles. The summed E-state index contributed by atoms with van der Waals surface area (Å²) in [6, 6.07) is 0. The van der Waals surface area contributed by atoms with Crippen molar-refractivity contribution < 1.29 is 133 Å². The van der Waals surface area contributed by atoms with Crippen LogP contribution in [0.1, 0.15) is 179 Å². The number of ketones is 4. The fourth-order valence-electron chi connectivity index (χ4n) is 12.9. The van der Waals surface area contributed by atoms with Crippen LogP contribution in [0.25, 0.3) is 0 Å². The van der Waals surface area contributed by atoms with Crippen molar-refractivity contribution in [2.75, 3.05) is 198 Å². The molecule has 15 unspecified atom stereocenters. The molecular weight excluding hydrogens is 1430 g/mol. The number of unbranched alkanes of at least 4 members (excludes halogenated alkanes) is 3. The monoisotopic (exact) mass is 1570 g/mol. The summed E-state index contributed by atoms with van der Waals surface area (Å²) in [6.45, 7) is 31.9. The molecule has 0 radical (unpaired) electrons. The minimum absolute atomic E-state index is 0.00305. The molecule has 0 bridgehead atoms. The van der Waals surface area contributed by atoms with E-state index in [1.807, 2.05) is 0 Å². The summed E-state index contributed by atoms with van der Waals surface area (Å²) in [5, 5.41) is 0. The normalized spacial score (nSPS) is 24.7. The van der Waals surface area contributed by atoms with Gasteiger partial charge in [0, 0.05) is 122 Å². The van der Waals surface area contributed by atoms with Gasteiger partial charge in [-0.25, -0.2) is 0 Å². The van der Waals surface area contributed by atoms with E-state index in [1.54, 1.807) is 0 Å². The third-order valence-electron chi connectivity index (χ3n) is 20.9. The van der Waals surface area contributed by atoms with E-state index in [4.69, 9.17) is 106 Å². The second-order valence-electron chi connectivity index (χ2n) is 29.7. The van der Waals surface area contributed by atoms with Crippen LogP contribution in [0.5, 0.6) is 0 Å². The van der Waals surface area contributed by atoms with E-state index in [1.165, 1.54) is 20.8 Å². The topological polar surface area (TPSA) is 313 Å². The number of hydrogen-bond acceptors (Lipinski definition) is 28. The zero-order valence-electron chi connectivity index (χ0n) is 69.0. The molecule has 110 heavy (non-hydrogen) atoms. The van der Waals surface area contributed by atoms with Crippen molar-refractivity contribution in [3.05, 3.63) is 0 Å². The molecule has 3 aliphatic heterocycles. The largest absolute Gasteiger partial charge is 0.463 e. The molecule has 3 aliphatic rings. The Hall–Kier alpha value is -4.07. The van der Waals surface area contributed by atoms with Crippen LogP contribution in [0, 0.1) is 71.0 Å². The second kappa shape index (κ2) is 62.3. The standard InChI is InChI=1S/C82H142O28/c1-14-15-16-17-18-22-75(89)53-82(57-99-32-26-72(86)23-19-29-90-35-38-93-41-44-96-47-50-102-79-66(8)60(2)63(5)76(108-79)54-105-69(11)83,58-100-33-27-73(87)24-20-30-91-36-39-94-42-45-97-48-51-103-80-67(9)61(3)64(6)77(109-80)55-106-70(12)84)59-101-34-28-74(88)25-21-31-92-37-40-95-43-46-98-49-52-104-81-68(10)62(4)65(7)78(110-81)56-107-71(13)85/h1,60-68,76-81H,15-59H2,2-13H3. The van der Waals surface area contributed by atoms with E-state index in [0.717, 1.165) is 12.8 Å². The number of rotatable bonds is 70. The van der Waals surface area contributed by atoms with Crippen LogP contribution < -0.4 is 0 Å². The molecule has 0 aromatic carbocycles. The van der Waals surface area contributed by atoms with E-state index in [2.05, 4.69) is 68.2 Å². The highest BCUT2D eigenvalue weighted by Crippen LogP contribution is 2.38. The fourth-order valence-corrected chi connectivity index (χ4v) is 12.9. The van der Waals surface area contributed by atoms with Gasteiger partial charge in [-0.3, -0.25) is 33.6 Å². The number of esters is 3. The average molecular weight is 1580 g/mol. The van der Waals surface area contributed by atoms with Gasteiger partial charge in [-0.15, -0.1) is 12.3 Å². The molecule has 28 nitrogen and oxygen atoms in total. The summed E-state index contributed by atoms with van der Waals surface area (Å²) in [5.74, 6) is 3.69. The summed E-state index contributed by atoms with van der Waals surface area (Å²) in [6.07, 6.45) is 9.61. The highest BCUT2D eigenvalue weighted by Gasteiger charge is 2.43. The van der Waals surface area contributed by atoms with Gasteiger partial charge in [0.15, 0.2) is 18.9 Å². The SMILES string of the molecule is C#CCCCCCC(=O)CC(COCCC(=O)CCCOCCOCCOCCOC1OC(COC(C)=O)C(C)C(C)C1C)(COCCC(=O)CCCOCCOCCOCCOC1OC(COC(C)=O)C(C)C(C)C1C)COCCC(=O)CCCOCCOCCOCCOC1OC(COC(C)=O)C(C)C(C)C1C. The molecule has 0 aromatic heterocycles. The van der Waals surface area contributed by atoms with Crippen LogP contribution >= 0.6 is 0 Å². The van der Waals surface area contributed by atoms with Gasteiger partial charge in [0.25, 0.3) is 0 Å². The lowest BCUT2D eigenvalue weighted by Crippen LogP contribution is -2.48. The molecule has 3 rings (SSSR count). The van der Waals surface area contributed by atoms with Crippen LogP contribution in [0.3, 0.4) is 0 Å². The average Bonchev–Trinajstić information content (AvgIpc) is 0.829. The molecular formula is C82H142O28. The summed E-state index contributed by atoms with van der Waals surface area (Å²) in [4.78, 5) is 87.2. The van der Waals surface area contributed by atoms with Crippen molar-refractivity contribution in [1.29, 1.82) is 0 Å². The Balaban J connectivity index is 1.40. The Morgan fingerprint density at radius 1 is 0.291 bits per heavy atom. The van der Waals surface area contributed by atoms with Crippen LogP contribution in [0.2, 0.25) is 0 Å². The Kier molecular flexibility index (Phi) is 56.7. The highest BCUT2D eigenvalue weighted by molar-refractivity contribution is 5.80. The maximum Gasteiger partial charge on any atom is 0.302 e. The third kappa shape index (κ3) is 45.9. The van der Waals surface area contributed by atoms with Crippen LogP contribution in [0.15, 0.2) is 0 Å². The maximum atomic E-state index is 13.8. The zero-order valence-corrected chi connectivity index (χ0v) is 69.0. The Morgan fingerprint density at radius 2 is 0.555 bits per heavy atom. The smallest absolute Gasteiger partial charge is 0.302 e. The first-order chi connectivity index (χ1) is 53.0. The predicted octanol–water partition coefficient (Wildman–Crippen LogP) is 9.57. The van der Waals surface area contributed by atoms with E-state index in [9.17, 15) is 33.6 Å². The number of terminal acetylenes is 1. The lowest BCUT2D eigenvalue weighted by atomic mass is 9.79. The molecule has 0 N–H and O–H groups in total. The molecule has 0 aromatic rings. The molecule has 15 atom stereocenters. The molecule has 0 spiro atoms. The van der Waals surface area contributed by atoms with Gasteiger partial charge in [-0.2, -0.15) is 0 Å². The number of carbonyl (C=O) groups is 7. The van der Waals surface area contributed by atoms with Gasteiger partial charge < -0.3 is 99.5 Å². The Bertz CT molecular complexity index is 2250. The van der Waals surface area contributed by atoms with Gasteiger partial charge in [-0.05, 0) is 67.6 Å². The molecule has 3 heterocycles. The molecule has 0 aliphatic carbocycles. The number of Topliss-reactive ketones (excluding diaryl/α,β-unsaturated/α-hetero) is 4. The summed E-state index contributed by atoms with van der Waals surface area (Å²) >= 11 is 0. The lowest BCUT2D eigenvalue weighted by Gasteiger charge is -2.43. The van der Waals surface area contributed by atoms with Crippen LogP contribution in [-0.2, 0) is 133 Å². The van der Waals surface area contributed by atoms with Crippen LogP contribution in [0.4, 0.5) is 0 Å². The molecule has 0 saturated carbocycles. The predicted molar refractivity (Wildman–Crippen MR) is 407 cm³/mol. The van der Waals surface area contributed by atoms with E-state index in [0.29, 0.717) is 195 Å². The fraction of sp³-hybridized carbons (Fsp3) is 0.890. The van der Waals surface area contributed by atoms with Gasteiger partial charge in [0.05, 0.1) is 177 Å². The van der Waals surface area contributed by atoms with E-state index < -0.39 is 24.3 Å². The van der Waals surface area contributed by atoms with Crippen molar-refractivity contribution in [2.24, 2.45) is 58.7 Å². The lowest BCUT2D eigenvalue weighted by molar-refractivity contribution is -0.258. The zero-order chi connectivity index (χ0) is 80.6. The Labute approximate surface area is 657 Å².